The van der Waals surface area contributed by atoms with E-state index < -0.39 is 17.6 Å². The van der Waals surface area contributed by atoms with Crippen LogP contribution < -0.4 is 10.6 Å². The van der Waals surface area contributed by atoms with Gasteiger partial charge in [0, 0.05) is 24.4 Å². The zero-order valence-electron chi connectivity index (χ0n) is 21.9. The Labute approximate surface area is 231 Å². The van der Waals surface area contributed by atoms with Crippen LogP contribution in [0.5, 0.6) is 0 Å². The maximum Gasteiger partial charge on any atom is 0.408 e. The third-order valence-electron chi connectivity index (χ3n) is 7.86. The predicted octanol–water partition coefficient (Wildman–Crippen LogP) is 6.16. The number of carbonyl (C=O) groups is 3. The van der Waals surface area contributed by atoms with E-state index in [0.717, 1.165) is 44.6 Å². The molecule has 0 bridgehead atoms. The Balaban J connectivity index is 1.12. The average Bonchev–Trinajstić information content (AvgIpc) is 3.60. The Bertz CT molecular complexity index is 1570. The van der Waals surface area contributed by atoms with Crippen molar-refractivity contribution in [2.45, 2.75) is 30.7 Å². The van der Waals surface area contributed by atoms with Crippen molar-refractivity contribution in [3.63, 3.8) is 0 Å². The van der Waals surface area contributed by atoms with Crippen molar-refractivity contribution in [1.82, 2.24) is 5.32 Å². The Morgan fingerprint density at radius 1 is 0.825 bits per heavy atom. The molecule has 4 aromatic rings. The number of rotatable bonds is 7. The van der Waals surface area contributed by atoms with Crippen molar-refractivity contribution in [1.29, 1.82) is 0 Å². The van der Waals surface area contributed by atoms with Gasteiger partial charge >= 0.3 is 12.1 Å². The van der Waals surface area contributed by atoms with Gasteiger partial charge in [0.1, 0.15) is 12.1 Å². The van der Waals surface area contributed by atoms with Gasteiger partial charge < -0.3 is 20.5 Å². The second kappa shape index (κ2) is 10.0. The molecular formula is C33H28N2O5. The molecule has 0 saturated heterocycles. The van der Waals surface area contributed by atoms with Gasteiger partial charge in [-0.25, -0.2) is 9.59 Å². The Morgan fingerprint density at radius 3 is 1.93 bits per heavy atom. The van der Waals surface area contributed by atoms with Gasteiger partial charge in [-0.1, -0.05) is 84.9 Å². The van der Waals surface area contributed by atoms with Crippen LogP contribution in [0.15, 0.2) is 97.1 Å². The van der Waals surface area contributed by atoms with Crippen molar-refractivity contribution in [2.75, 3.05) is 11.9 Å². The van der Waals surface area contributed by atoms with E-state index in [1.165, 1.54) is 6.92 Å². The number of nitrogens with one attached hydrogen (secondary N) is 2. The minimum atomic E-state index is -1.40. The van der Waals surface area contributed by atoms with E-state index in [4.69, 9.17) is 4.74 Å². The largest absolute Gasteiger partial charge is 0.479 e. The molecule has 3 N–H and O–H groups in total. The predicted molar refractivity (Wildman–Crippen MR) is 152 cm³/mol. The highest BCUT2D eigenvalue weighted by Gasteiger charge is 2.62. The molecule has 0 aliphatic heterocycles. The molecule has 0 radical (unpaired) electrons. The number of carboxylic acid groups (broad SMARTS) is 1. The maximum atomic E-state index is 12.9. The zero-order chi connectivity index (χ0) is 27.9. The molecule has 2 aliphatic carbocycles. The van der Waals surface area contributed by atoms with Crippen molar-refractivity contribution < 1.29 is 24.2 Å². The summed E-state index contributed by atoms with van der Waals surface area (Å²) in [6.45, 7) is 1.58. The number of hydrogen-bond donors (Lipinski definition) is 3. The fraction of sp³-hybridized carbons (Fsp3) is 0.182. The number of carboxylic acids is 1. The van der Waals surface area contributed by atoms with Gasteiger partial charge in [-0.2, -0.15) is 0 Å². The number of hydrogen-bond acceptors (Lipinski definition) is 4. The van der Waals surface area contributed by atoms with Crippen LogP contribution in [-0.2, 0) is 14.3 Å². The number of aliphatic carboxylic acids is 1. The lowest BCUT2D eigenvalue weighted by molar-refractivity contribution is -0.140. The van der Waals surface area contributed by atoms with E-state index in [2.05, 4.69) is 22.8 Å². The molecule has 4 aromatic carbocycles. The first-order chi connectivity index (χ1) is 19.4. The van der Waals surface area contributed by atoms with Crippen LogP contribution in [-0.4, -0.2) is 35.2 Å². The number of carbonyl (C=O) groups excluding carboxylic acids is 2. The zero-order valence-corrected chi connectivity index (χ0v) is 21.9. The fourth-order valence-electron chi connectivity index (χ4n) is 5.77. The summed E-state index contributed by atoms with van der Waals surface area (Å²) in [4.78, 5) is 36.4. The third kappa shape index (κ3) is 4.60. The molecule has 7 heteroatoms. The fourth-order valence-corrected chi connectivity index (χ4v) is 5.77. The normalized spacial score (nSPS) is 18.8. The lowest BCUT2D eigenvalue weighted by atomic mass is 9.98. The minimum absolute atomic E-state index is 0.103. The molecule has 2 amide bonds. The summed E-state index contributed by atoms with van der Waals surface area (Å²) < 4.78 is 5.62. The number of alkyl carbamates (subject to hydrolysis) is 1. The molecular weight excluding hydrogens is 504 g/mol. The number of fused-ring (bicyclic) bond motifs is 3. The standard InChI is InChI=1S/C33H28N2O5/c1-20(36)34-24-16-14-22(15-17-24)21-10-12-23(13-11-21)30-18-33(30,31(37)38)35-32(39)40-19-29-27-8-4-2-6-25(27)26-7-3-5-9-28(26)29/h2-17,29-30H,18-19H2,1H3,(H,34,36)(H,35,39)(H,37,38)/t30-,33+/m0/s1. The molecule has 0 heterocycles. The lowest BCUT2D eigenvalue weighted by Crippen LogP contribution is -2.45. The SMILES string of the molecule is CC(=O)Nc1ccc(-c2ccc([C@@H]3C[C@]3(NC(=O)OCC3c4ccccc4-c4ccccc43)C(=O)O)cc2)cc1. The summed E-state index contributed by atoms with van der Waals surface area (Å²) in [6.07, 6.45) is -0.445. The number of benzene rings is 4. The maximum absolute atomic E-state index is 12.9. The van der Waals surface area contributed by atoms with E-state index in [1.54, 1.807) is 0 Å². The monoisotopic (exact) mass is 532 g/mol. The molecule has 2 aliphatic rings. The summed E-state index contributed by atoms with van der Waals surface area (Å²) in [5.41, 5.74) is 6.53. The highest BCUT2D eigenvalue weighted by Crippen LogP contribution is 2.52. The van der Waals surface area contributed by atoms with Crippen molar-refractivity contribution in [3.8, 4) is 22.3 Å². The summed E-state index contributed by atoms with van der Waals surface area (Å²) in [7, 11) is 0. The summed E-state index contributed by atoms with van der Waals surface area (Å²) in [6, 6.07) is 31.3. The number of anilines is 1. The highest BCUT2D eigenvalue weighted by atomic mass is 16.5. The van der Waals surface area contributed by atoms with Gasteiger partial charge in [0.15, 0.2) is 0 Å². The minimum Gasteiger partial charge on any atom is -0.479 e. The van der Waals surface area contributed by atoms with Gasteiger partial charge in [-0.15, -0.1) is 0 Å². The number of amides is 2. The lowest BCUT2D eigenvalue weighted by Gasteiger charge is -2.18. The Kier molecular flexibility index (Phi) is 6.34. The second-order valence-electron chi connectivity index (χ2n) is 10.4. The molecule has 2 atom stereocenters. The molecule has 1 fully saturated rings. The van der Waals surface area contributed by atoms with E-state index in [9.17, 15) is 19.5 Å². The van der Waals surface area contributed by atoms with Crippen LogP contribution in [0.4, 0.5) is 10.5 Å². The van der Waals surface area contributed by atoms with Gasteiger partial charge in [0.25, 0.3) is 0 Å². The quantitative estimate of drug-likeness (QED) is 0.264. The number of ether oxygens (including phenoxy) is 1. The van der Waals surface area contributed by atoms with E-state index in [0.29, 0.717) is 0 Å². The molecule has 0 spiro atoms. The van der Waals surface area contributed by atoms with E-state index >= 15 is 0 Å². The van der Waals surface area contributed by atoms with Gasteiger partial charge in [0.2, 0.25) is 5.91 Å². The average molecular weight is 533 g/mol. The van der Waals surface area contributed by atoms with Crippen LogP contribution >= 0.6 is 0 Å². The van der Waals surface area contributed by atoms with Crippen LogP contribution in [0.2, 0.25) is 0 Å². The molecule has 200 valence electrons. The Hall–Kier alpha value is -4.91. The summed E-state index contributed by atoms with van der Waals surface area (Å²) in [5, 5.41) is 15.5. The van der Waals surface area contributed by atoms with Gasteiger partial charge in [-0.05, 0) is 57.5 Å². The smallest absolute Gasteiger partial charge is 0.408 e. The molecule has 0 aromatic heterocycles. The topological polar surface area (TPSA) is 105 Å². The van der Waals surface area contributed by atoms with Gasteiger partial charge in [0.05, 0.1) is 0 Å². The van der Waals surface area contributed by atoms with Crippen LogP contribution in [0.3, 0.4) is 0 Å². The Morgan fingerprint density at radius 2 is 1.38 bits per heavy atom. The van der Waals surface area contributed by atoms with Crippen LogP contribution in [0.25, 0.3) is 22.3 Å². The van der Waals surface area contributed by atoms with Crippen molar-refractivity contribution >= 4 is 23.7 Å². The van der Waals surface area contributed by atoms with Crippen LogP contribution in [0.1, 0.15) is 41.9 Å². The van der Waals surface area contributed by atoms with E-state index in [1.807, 2.05) is 84.9 Å². The van der Waals surface area contributed by atoms with Crippen molar-refractivity contribution in [2.24, 2.45) is 0 Å². The molecule has 40 heavy (non-hydrogen) atoms. The first kappa shape index (κ1) is 25.4. The highest BCUT2D eigenvalue weighted by molar-refractivity contribution is 5.90. The molecule has 0 unspecified atom stereocenters. The summed E-state index contributed by atoms with van der Waals surface area (Å²) >= 11 is 0. The molecule has 6 rings (SSSR count). The second-order valence-corrected chi connectivity index (χ2v) is 10.4. The molecule has 7 nitrogen and oxygen atoms in total. The first-order valence-electron chi connectivity index (χ1n) is 13.2. The van der Waals surface area contributed by atoms with E-state index in [-0.39, 0.29) is 30.8 Å². The molecule has 1 saturated carbocycles. The first-order valence-corrected chi connectivity index (χ1v) is 13.2. The summed E-state index contributed by atoms with van der Waals surface area (Å²) in [5.74, 6) is -1.67. The van der Waals surface area contributed by atoms with Crippen molar-refractivity contribution in [3.05, 3.63) is 114 Å². The third-order valence-corrected chi connectivity index (χ3v) is 7.86. The van der Waals surface area contributed by atoms with Gasteiger partial charge in [-0.3, -0.25) is 4.79 Å². The van der Waals surface area contributed by atoms with Crippen LogP contribution in [0, 0.1) is 0 Å².